The molecule has 3 rings (SSSR count). The minimum absolute atomic E-state index is 0.0497. The molecule has 0 saturated heterocycles. The molecule has 0 bridgehead atoms. The second kappa shape index (κ2) is 11.2. The number of ether oxygens (including phenoxy) is 2. The Bertz CT molecular complexity index is 1290. The van der Waals surface area contributed by atoms with E-state index in [-0.39, 0.29) is 36.7 Å². The average Bonchev–Trinajstić information content (AvgIpc) is 2.80. The quantitative estimate of drug-likeness (QED) is 0.482. The molecule has 12 heteroatoms. The monoisotopic (exact) mass is 556 g/mol. The molecule has 208 valence electrons. The van der Waals surface area contributed by atoms with Crippen molar-refractivity contribution in [3.8, 4) is 5.75 Å². The van der Waals surface area contributed by atoms with Gasteiger partial charge in [-0.3, -0.25) is 13.9 Å². The van der Waals surface area contributed by atoms with E-state index < -0.39 is 44.3 Å². The van der Waals surface area contributed by atoms with E-state index in [0.29, 0.717) is 24.6 Å². The number of carbonyl (C=O) groups excluding carboxylic acids is 2. The van der Waals surface area contributed by atoms with Crippen LogP contribution in [0.15, 0.2) is 47.4 Å². The van der Waals surface area contributed by atoms with Crippen LogP contribution in [0.1, 0.15) is 51.7 Å². The number of alkyl halides is 3. The molecule has 0 fully saturated rings. The van der Waals surface area contributed by atoms with Gasteiger partial charge in [-0.1, -0.05) is 19.1 Å². The molecule has 0 aliphatic carbocycles. The Morgan fingerprint density at radius 1 is 1.13 bits per heavy atom. The number of carbonyl (C=O) groups is 2. The smallest absolute Gasteiger partial charge is 0.416 e. The highest BCUT2D eigenvalue weighted by Crippen LogP contribution is 2.39. The van der Waals surface area contributed by atoms with Gasteiger partial charge in [-0.05, 0) is 63.1 Å². The van der Waals surface area contributed by atoms with Crippen molar-refractivity contribution in [3.63, 3.8) is 0 Å². The number of esters is 1. The maximum atomic E-state index is 13.7. The van der Waals surface area contributed by atoms with Crippen molar-refractivity contribution in [2.24, 2.45) is 0 Å². The molecule has 2 aromatic carbocycles. The lowest BCUT2D eigenvalue weighted by molar-refractivity contribution is -0.154. The number of amides is 1. The van der Waals surface area contributed by atoms with E-state index in [1.165, 1.54) is 12.1 Å². The first-order valence-electron chi connectivity index (χ1n) is 12.1. The Morgan fingerprint density at radius 2 is 1.84 bits per heavy atom. The average molecular weight is 557 g/mol. The van der Waals surface area contributed by atoms with Gasteiger partial charge in [0, 0.05) is 6.54 Å². The Kier molecular flexibility index (Phi) is 8.65. The number of benzene rings is 2. The number of nitrogens with one attached hydrogen (secondary N) is 1. The molecule has 8 nitrogen and oxygen atoms in total. The number of hydrogen-bond acceptors (Lipinski definition) is 6. The van der Waals surface area contributed by atoms with Crippen molar-refractivity contribution < 1.29 is 40.7 Å². The molecule has 0 spiro atoms. The van der Waals surface area contributed by atoms with Crippen molar-refractivity contribution in [1.29, 1.82) is 0 Å². The first kappa shape index (κ1) is 29.3. The number of halogens is 3. The first-order valence-corrected chi connectivity index (χ1v) is 13.5. The number of anilines is 1. The lowest BCUT2D eigenvalue weighted by atomic mass is 10.1. The van der Waals surface area contributed by atoms with Gasteiger partial charge in [-0.15, -0.1) is 0 Å². The summed E-state index contributed by atoms with van der Waals surface area (Å²) < 4.78 is 79.4. The third kappa shape index (κ3) is 7.40. The Morgan fingerprint density at radius 3 is 2.47 bits per heavy atom. The van der Waals surface area contributed by atoms with E-state index in [4.69, 9.17) is 9.47 Å². The third-order valence-electron chi connectivity index (χ3n) is 5.46. The second-order valence-electron chi connectivity index (χ2n) is 9.92. The van der Waals surface area contributed by atoms with Crippen molar-refractivity contribution in [2.45, 2.75) is 69.7 Å². The predicted octanol–water partition coefficient (Wildman–Crippen LogP) is 4.46. The first-order chi connectivity index (χ1) is 17.6. The Balaban J connectivity index is 2.01. The molecule has 1 N–H and O–H groups in total. The van der Waals surface area contributed by atoms with Crippen LogP contribution in [0, 0.1) is 0 Å². The normalized spacial score (nSPS) is 15.9. The highest BCUT2D eigenvalue weighted by atomic mass is 32.2. The summed E-state index contributed by atoms with van der Waals surface area (Å²) in [5, 5.41) is 2.70. The highest BCUT2D eigenvalue weighted by molar-refractivity contribution is 7.92. The van der Waals surface area contributed by atoms with Gasteiger partial charge in [0.1, 0.15) is 17.5 Å². The molecule has 0 saturated carbocycles. The van der Waals surface area contributed by atoms with Crippen LogP contribution < -0.4 is 14.4 Å². The van der Waals surface area contributed by atoms with E-state index in [9.17, 15) is 31.2 Å². The van der Waals surface area contributed by atoms with Crippen LogP contribution in [-0.2, 0) is 36.9 Å². The fraction of sp³-hybridized carbons (Fsp3) is 0.462. The van der Waals surface area contributed by atoms with Crippen LogP contribution in [0.25, 0.3) is 0 Å². The lowest BCUT2D eigenvalue weighted by Crippen LogP contribution is -2.45. The van der Waals surface area contributed by atoms with Crippen molar-refractivity contribution >= 4 is 27.6 Å². The summed E-state index contributed by atoms with van der Waals surface area (Å²) in [6.45, 7) is 7.14. The summed E-state index contributed by atoms with van der Waals surface area (Å²) in [4.78, 5) is 24.1. The Labute approximate surface area is 220 Å². The highest BCUT2D eigenvalue weighted by Gasteiger charge is 2.37. The summed E-state index contributed by atoms with van der Waals surface area (Å²) in [5.41, 5.74) is -1.36. The van der Waals surface area contributed by atoms with E-state index in [1.807, 2.05) is 6.92 Å². The van der Waals surface area contributed by atoms with E-state index in [1.54, 1.807) is 26.8 Å². The number of fused-ring (bicyclic) bond motifs is 1. The van der Waals surface area contributed by atoms with Gasteiger partial charge in [0.05, 0.1) is 35.5 Å². The van der Waals surface area contributed by atoms with Crippen LogP contribution in [0.4, 0.5) is 18.9 Å². The van der Waals surface area contributed by atoms with Crippen LogP contribution in [0.2, 0.25) is 0 Å². The number of sulfonamides is 1. The minimum atomic E-state index is -4.74. The zero-order valence-electron chi connectivity index (χ0n) is 21.6. The van der Waals surface area contributed by atoms with Crippen LogP contribution in [0.3, 0.4) is 0 Å². The molecule has 1 aliphatic rings. The van der Waals surface area contributed by atoms with E-state index >= 15 is 0 Å². The van der Waals surface area contributed by atoms with Gasteiger partial charge < -0.3 is 14.8 Å². The van der Waals surface area contributed by atoms with Crippen molar-refractivity contribution in [1.82, 2.24) is 5.32 Å². The van der Waals surface area contributed by atoms with Gasteiger partial charge >= 0.3 is 12.1 Å². The van der Waals surface area contributed by atoms with Crippen LogP contribution in [-0.4, -0.2) is 45.1 Å². The molecule has 0 aromatic heterocycles. The maximum absolute atomic E-state index is 13.7. The molecule has 1 aliphatic heterocycles. The summed E-state index contributed by atoms with van der Waals surface area (Å²) in [6, 6.07) is 7.91. The zero-order valence-corrected chi connectivity index (χ0v) is 22.4. The summed E-state index contributed by atoms with van der Waals surface area (Å²) in [6.07, 6.45) is -5.25. The molecule has 1 amide bonds. The molecular formula is C26H31F3N2O6S. The number of rotatable bonds is 8. The minimum Gasteiger partial charge on any atom is -0.486 e. The standard InChI is InChI=1S/C26H31F3N2O6S/c1-5-11-30-23(32)15-19-16-31(38(34,35)20-8-6-7-18(14-20)26(27,28)29)21-12-17(9-10-22(21)36-19)13-24(33)37-25(2,3)4/h6-10,12,14,19H,5,11,13,15-16H2,1-4H3,(H,30,32)/t19-/m0/s1. The number of hydrogen-bond donors (Lipinski definition) is 1. The van der Waals surface area contributed by atoms with Gasteiger partial charge in [0.2, 0.25) is 5.91 Å². The summed E-state index contributed by atoms with van der Waals surface area (Å²) in [5.74, 6) is -0.766. The summed E-state index contributed by atoms with van der Waals surface area (Å²) in [7, 11) is -4.51. The molecule has 1 heterocycles. The van der Waals surface area contributed by atoms with Gasteiger partial charge in [0.25, 0.3) is 10.0 Å². The van der Waals surface area contributed by atoms with E-state index in [2.05, 4.69) is 5.32 Å². The topological polar surface area (TPSA) is 102 Å². The second-order valence-corrected chi connectivity index (χ2v) is 11.8. The fourth-order valence-electron chi connectivity index (χ4n) is 3.85. The van der Waals surface area contributed by atoms with Crippen molar-refractivity contribution in [3.05, 3.63) is 53.6 Å². The SMILES string of the molecule is CCCNC(=O)C[C@H]1CN(S(=O)(=O)c2cccc(C(F)(F)F)c2)c2cc(CC(=O)OC(C)(C)C)ccc2O1. The van der Waals surface area contributed by atoms with Gasteiger partial charge in [-0.2, -0.15) is 13.2 Å². The van der Waals surface area contributed by atoms with Gasteiger partial charge in [0.15, 0.2) is 0 Å². The molecule has 0 radical (unpaired) electrons. The van der Waals surface area contributed by atoms with Crippen molar-refractivity contribution in [2.75, 3.05) is 17.4 Å². The molecule has 2 aromatic rings. The predicted molar refractivity (Wildman–Crippen MR) is 134 cm³/mol. The fourth-order valence-corrected chi connectivity index (χ4v) is 5.39. The third-order valence-corrected chi connectivity index (χ3v) is 7.23. The number of nitrogens with zero attached hydrogens (tertiary/aromatic N) is 1. The van der Waals surface area contributed by atoms with E-state index in [0.717, 1.165) is 22.5 Å². The largest absolute Gasteiger partial charge is 0.486 e. The maximum Gasteiger partial charge on any atom is 0.416 e. The Hall–Kier alpha value is -3.28. The van der Waals surface area contributed by atoms with Crippen LogP contribution >= 0.6 is 0 Å². The molecule has 1 atom stereocenters. The molecule has 38 heavy (non-hydrogen) atoms. The lowest BCUT2D eigenvalue weighted by Gasteiger charge is -2.35. The molecule has 0 unspecified atom stereocenters. The molecular weight excluding hydrogens is 525 g/mol. The van der Waals surface area contributed by atoms with Crippen LogP contribution in [0.5, 0.6) is 5.75 Å². The van der Waals surface area contributed by atoms with Gasteiger partial charge in [-0.25, -0.2) is 8.42 Å². The zero-order chi connectivity index (χ0) is 28.3. The summed E-state index contributed by atoms with van der Waals surface area (Å²) >= 11 is 0.